The molecule has 6 heteroatoms. The summed E-state index contributed by atoms with van der Waals surface area (Å²) in [5.41, 5.74) is 8.46. The first kappa shape index (κ1) is 26.1. The minimum Gasteiger partial charge on any atom is -0.454 e. The zero-order valence-corrected chi connectivity index (χ0v) is 24.6. The Morgan fingerprint density at radius 3 is 2.28 bits per heavy atom. The van der Waals surface area contributed by atoms with Gasteiger partial charge < -0.3 is 8.98 Å². The molecule has 0 aliphatic carbocycles. The first-order valence-corrected chi connectivity index (χ1v) is 15.3. The summed E-state index contributed by atoms with van der Waals surface area (Å²) in [6.07, 6.45) is -0.269. The fourth-order valence-electron chi connectivity index (χ4n) is 6.63. The maximum Gasteiger partial charge on any atom is 0.235 e. The minimum atomic E-state index is -0.269. The van der Waals surface area contributed by atoms with Gasteiger partial charge in [-0.1, -0.05) is 72.8 Å². The Morgan fingerprint density at radius 1 is 0.674 bits per heavy atom. The number of nitrogens with two attached hydrogens (primary N) is 1. The van der Waals surface area contributed by atoms with Crippen LogP contribution in [-0.4, -0.2) is 16.2 Å². The van der Waals surface area contributed by atoms with Crippen LogP contribution in [0.5, 0.6) is 0 Å². The summed E-state index contributed by atoms with van der Waals surface area (Å²) in [6.45, 7) is 0. The van der Waals surface area contributed by atoms with E-state index < -0.39 is 0 Å². The van der Waals surface area contributed by atoms with Gasteiger partial charge in [0.1, 0.15) is 5.58 Å². The number of nitriles is 1. The summed E-state index contributed by atoms with van der Waals surface area (Å²) in [6, 6.07) is 49.6. The second-order valence-electron chi connectivity index (χ2n) is 11.5. The number of aromatic nitrogens is 1. The lowest BCUT2D eigenvalue weighted by Crippen LogP contribution is -2.90. The number of quaternary nitrogens is 1. The predicted octanol–water partition coefficient (Wildman–Crippen LogP) is 8.02. The Balaban J connectivity index is 1.20. The molecular weight excluding hydrogens is 566 g/mol. The highest BCUT2D eigenvalue weighted by Gasteiger charge is 2.26. The maximum atomic E-state index is 9.52. The molecule has 0 spiro atoms. The van der Waals surface area contributed by atoms with Crippen molar-refractivity contribution in [3.05, 3.63) is 162 Å². The molecule has 1 unspecified atom stereocenters. The Bertz CT molecular complexity index is 2570. The van der Waals surface area contributed by atoms with E-state index in [9.17, 15) is 5.26 Å². The molecule has 1 atom stereocenters. The lowest BCUT2D eigenvalue weighted by molar-refractivity contribution is -0.586. The molecule has 1 aliphatic heterocycles. The third-order valence-corrected chi connectivity index (χ3v) is 8.79. The van der Waals surface area contributed by atoms with Gasteiger partial charge in [0.15, 0.2) is 11.4 Å². The van der Waals surface area contributed by atoms with Crippen LogP contribution in [0, 0.1) is 11.3 Å². The van der Waals surface area contributed by atoms with Crippen LogP contribution in [0.2, 0.25) is 0 Å². The average molecular weight is 593 g/mol. The van der Waals surface area contributed by atoms with Gasteiger partial charge in [0.05, 0.1) is 28.2 Å². The highest BCUT2D eigenvalue weighted by atomic mass is 16.3. The second-order valence-corrected chi connectivity index (χ2v) is 11.5. The number of para-hydroxylation sites is 2. The van der Waals surface area contributed by atoms with Gasteiger partial charge in [0.2, 0.25) is 12.0 Å². The van der Waals surface area contributed by atoms with Gasteiger partial charge in [-0.05, 0) is 66.7 Å². The normalized spacial score (nSPS) is 14.9. The van der Waals surface area contributed by atoms with E-state index in [1.807, 2.05) is 54.6 Å². The lowest BCUT2D eigenvalue weighted by Gasteiger charge is -2.19. The van der Waals surface area contributed by atoms with E-state index in [0.29, 0.717) is 11.4 Å². The van der Waals surface area contributed by atoms with E-state index in [1.54, 1.807) is 0 Å². The third-order valence-electron chi connectivity index (χ3n) is 8.79. The largest absolute Gasteiger partial charge is 0.454 e. The molecule has 6 nitrogen and oxygen atoms in total. The van der Waals surface area contributed by atoms with Crippen LogP contribution in [0.15, 0.2) is 154 Å². The Hall–Kier alpha value is -6.29. The number of hydrogen-bond acceptors (Lipinski definition) is 4. The van der Waals surface area contributed by atoms with Crippen LogP contribution in [0.3, 0.4) is 0 Å². The molecule has 216 valence electrons. The fourth-order valence-corrected chi connectivity index (χ4v) is 6.63. The summed E-state index contributed by atoms with van der Waals surface area (Å²) >= 11 is 0. The number of fused-ring (bicyclic) bond motifs is 7. The van der Waals surface area contributed by atoms with Gasteiger partial charge >= 0.3 is 0 Å². The van der Waals surface area contributed by atoms with Crippen molar-refractivity contribution < 1.29 is 9.73 Å². The van der Waals surface area contributed by atoms with Crippen LogP contribution in [0.4, 0.5) is 0 Å². The van der Waals surface area contributed by atoms with Crippen molar-refractivity contribution in [1.29, 1.82) is 5.26 Å². The van der Waals surface area contributed by atoms with E-state index >= 15 is 0 Å². The van der Waals surface area contributed by atoms with Crippen LogP contribution in [0.1, 0.15) is 28.4 Å². The lowest BCUT2D eigenvalue weighted by atomic mass is 10.1. The molecule has 1 aliphatic rings. The number of rotatable bonds is 4. The number of aliphatic imine (C=N–C) groups is 2. The van der Waals surface area contributed by atoms with Gasteiger partial charge in [-0.25, -0.2) is 4.99 Å². The zero-order chi connectivity index (χ0) is 30.6. The molecule has 0 saturated heterocycles. The molecule has 0 radical (unpaired) electrons. The molecule has 0 fully saturated rings. The van der Waals surface area contributed by atoms with Crippen LogP contribution in [-0.2, 0) is 0 Å². The summed E-state index contributed by atoms with van der Waals surface area (Å²) in [7, 11) is 0. The summed E-state index contributed by atoms with van der Waals surface area (Å²) < 4.78 is 8.82. The van der Waals surface area contributed by atoms with Crippen molar-refractivity contribution in [1.82, 2.24) is 4.57 Å². The quantitative estimate of drug-likeness (QED) is 0.224. The molecule has 0 saturated carbocycles. The number of furan rings is 1. The van der Waals surface area contributed by atoms with Crippen LogP contribution >= 0.6 is 0 Å². The topological polar surface area (TPSA) is 83.2 Å². The first-order chi connectivity index (χ1) is 22.7. The molecule has 3 heterocycles. The van der Waals surface area contributed by atoms with E-state index in [0.717, 1.165) is 66.6 Å². The van der Waals surface area contributed by atoms with Gasteiger partial charge in [0.25, 0.3) is 0 Å². The molecule has 0 bridgehead atoms. The summed E-state index contributed by atoms with van der Waals surface area (Å²) in [5.74, 6) is 1.51. The Morgan fingerprint density at radius 2 is 1.43 bits per heavy atom. The first-order valence-electron chi connectivity index (χ1n) is 15.3. The van der Waals surface area contributed by atoms with Gasteiger partial charge in [0, 0.05) is 38.4 Å². The number of hydrogen-bond donors (Lipinski definition) is 1. The van der Waals surface area contributed by atoms with Gasteiger partial charge in [-0.3, -0.25) is 5.32 Å². The molecule has 8 aromatic rings. The van der Waals surface area contributed by atoms with Crippen LogP contribution < -0.4 is 5.32 Å². The highest BCUT2D eigenvalue weighted by Crippen LogP contribution is 2.40. The van der Waals surface area contributed by atoms with Gasteiger partial charge in [-0.2, -0.15) is 10.3 Å². The monoisotopic (exact) mass is 592 g/mol. The van der Waals surface area contributed by atoms with E-state index in [2.05, 4.69) is 101 Å². The van der Waals surface area contributed by atoms with Crippen molar-refractivity contribution in [2.24, 2.45) is 9.98 Å². The third kappa shape index (κ3) is 4.15. The van der Waals surface area contributed by atoms with Crippen molar-refractivity contribution in [3.8, 4) is 11.8 Å². The molecule has 0 amide bonds. The molecule has 2 N–H and O–H groups in total. The minimum absolute atomic E-state index is 0.269. The van der Waals surface area contributed by atoms with Crippen LogP contribution in [0.25, 0.3) is 49.4 Å². The van der Waals surface area contributed by atoms with Crippen molar-refractivity contribution >= 4 is 55.4 Å². The highest BCUT2D eigenvalue weighted by molar-refractivity contribution is 6.21. The number of amidine groups is 2. The Kier molecular flexibility index (Phi) is 5.92. The SMILES string of the molecule is N#Cc1cccc(C2N=C(c3ccc(-n4c5ccccc5c5ccc6c7ccccc7oc6c54)cc3)N=C(c3ccccc3)[NH2+]2)c1. The smallest absolute Gasteiger partial charge is 0.235 e. The molecular formula is C40H26N5O+. The predicted molar refractivity (Wildman–Crippen MR) is 183 cm³/mol. The van der Waals surface area contributed by atoms with Crippen molar-refractivity contribution in [3.63, 3.8) is 0 Å². The zero-order valence-electron chi connectivity index (χ0n) is 24.6. The van der Waals surface area contributed by atoms with E-state index in [4.69, 9.17) is 14.4 Å². The standard InChI is InChI=1S/C40H25N5O/c41-24-25-9-8-12-28(23-25)40-43-38(26-10-2-1-3-11-26)42-39(44-40)27-17-19-29(20-18-27)45-34-15-6-4-13-30(34)32-21-22-33-31-14-5-7-16-35(31)46-37(33)36(32)45/h1-23,40H,(H,42,43,44)/p+1. The summed E-state index contributed by atoms with van der Waals surface area (Å²) in [4.78, 5) is 10.1. The molecule has 6 aromatic carbocycles. The fraction of sp³-hybridized carbons (Fsp3) is 0.0250. The second kappa shape index (κ2) is 10.4. The van der Waals surface area contributed by atoms with Gasteiger partial charge in [-0.15, -0.1) is 0 Å². The average Bonchev–Trinajstić information content (AvgIpc) is 3.68. The van der Waals surface area contributed by atoms with E-state index in [1.165, 1.54) is 5.39 Å². The Labute approximate surface area is 264 Å². The summed E-state index contributed by atoms with van der Waals surface area (Å²) in [5, 5.41) is 16.1. The number of benzene rings is 6. The van der Waals surface area contributed by atoms with Crippen molar-refractivity contribution in [2.45, 2.75) is 6.17 Å². The number of nitrogens with zero attached hydrogens (tertiary/aromatic N) is 4. The van der Waals surface area contributed by atoms with E-state index in [-0.39, 0.29) is 6.17 Å². The van der Waals surface area contributed by atoms with Crippen molar-refractivity contribution in [2.75, 3.05) is 0 Å². The molecule has 46 heavy (non-hydrogen) atoms. The molecule has 9 rings (SSSR count). The molecule has 2 aromatic heterocycles. The maximum absolute atomic E-state index is 9.52.